The number of fused-ring (bicyclic) bond motifs is 1. The van der Waals surface area contributed by atoms with Crippen LogP contribution in [0.1, 0.15) is 27.7 Å². The first-order valence-corrected chi connectivity index (χ1v) is 11.1. The van der Waals surface area contributed by atoms with E-state index in [4.69, 9.17) is 9.72 Å². The minimum Gasteiger partial charge on any atom is -0.369 e. The Morgan fingerprint density at radius 1 is 1.16 bits per heavy atom. The van der Waals surface area contributed by atoms with Crippen LogP contribution in [0.25, 0.3) is 10.9 Å². The van der Waals surface area contributed by atoms with E-state index in [9.17, 15) is 4.79 Å². The number of hydrogen-bond acceptors (Lipinski definition) is 6. The molecule has 0 saturated carbocycles. The maximum atomic E-state index is 13.0. The number of carbonyl (C=O) groups excluding carboxylic acids is 1. The van der Waals surface area contributed by atoms with E-state index in [1.807, 2.05) is 41.8 Å². The number of benzene rings is 2. The number of carbonyl (C=O) groups is 1. The number of morpholine rings is 1. The molecule has 5 rings (SSSR count). The molecule has 1 fully saturated rings. The van der Waals surface area contributed by atoms with Gasteiger partial charge in [0.05, 0.1) is 23.4 Å². The predicted molar refractivity (Wildman–Crippen MR) is 122 cm³/mol. The van der Waals surface area contributed by atoms with Crippen molar-refractivity contribution in [3.63, 3.8) is 0 Å². The Balaban J connectivity index is 1.43. The molecule has 2 aromatic carbocycles. The quantitative estimate of drug-likeness (QED) is 0.504. The number of thiazole rings is 1. The third kappa shape index (κ3) is 4.49. The summed E-state index contributed by atoms with van der Waals surface area (Å²) in [5.74, 6) is -0.188. The van der Waals surface area contributed by atoms with Gasteiger partial charge in [-0.25, -0.2) is 9.97 Å². The Labute approximate surface area is 184 Å². The Morgan fingerprint density at radius 2 is 2.00 bits per heavy atom. The van der Waals surface area contributed by atoms with Crippen LogP contribution in [0.4, 0.5) is 5.13 Å². The van der Waals surface area contributed by atoms with Gasteiger partial charge < -0.3 is 4.74 Å². The molecular formula is C24H22N4O2S. The van der Waals surface area contributed by atoms with Gasteiger partial charge in [0.2, 0.25) is 0 Å². The molecule has 1 unspecified atom stereocenters. The van der Waals surface area contributed by atoms with Gasteiger partial charge in [-0.15, -0.1) is 11.3 Å². The molecule has 7 heteroatoms. The first kappa shape index (κ1) is 19.8. The molecule has 31 heavy (non-hydrogen) atoms. The maximum absolute atomic E-state index is 13.0. The van der Waals surface area contributed by atoms with Crippen LogP contribution in [0.5, 0.6) is 0 Å². The van der Waals surface area contributed by atoms with Crippen LogP contribution >= 0.6 is 11.3 Å². The number of para-hydroxylation sites is 1. The molecule has 0 spiro atoms. The van der Waals surface area contributed by atoms with E-state index >= 15 is 0 Å². The van der Waals surface area contributed by atoms with Crippen molar-refractivity contribution in [2.75, 3.05) is 25.0 Å². The van der Waals surface area contributed by atoms with Gasteiger partial charge in [-0.05, 0) is 17.7 Å². The molecule has 0 aliphatic carbocycles. The lowest BCUT2D eigenvalue weighted by atomic mass is 10.0. The maximum Gasteiger partial charge on any atom is 0.258 e. The van der Waals surface area contributed by atoms with Gasteiger partial charge in [0, 0.05) is 36.6 Å². The van der Waals surface area contributed by atoms with Crippen molar-refractivity contribution in [1.29, 1.82) is 0 Å². The number of nitrogens with zero attached hydrogens (tertiary/aromatic N) is 3. The second kappa shape index (κ2) is 8.93. The fourth-order valence-corrected chi connectivity index (χ4v) is 4.39. The molecule has 156 valence electrons. The van der Waals surface area contributed by atoms with Crippen molar-refractivity contribution in [3.05, 3.63) is 89.1 Å². The molecule has 1 N–H and O–H groups in total. The topological polar surface area (TPSA) is 67.4 Å². The molecule has 4 aromatic rings. The highest BCUT2D eigenvalue weighted by Gasteiger charge is 2.25. The van der Waals surface area contributed by atoms with Crippen LogP contribution in [0, 0.1) is 0 Å². The number of rotatable bonds is 5. The lowest BCUT2D eigenvalue weighted by molar-refractivity contribution is -0.0348. The van der Waals surface area contributed by atoms with Crippen LogP contribution in [-0.4, -0.2) is 40.5 Å². The fraction of sp³-hybridized carbons (Fsp3) is 0.208. The SMILES string of the molecule is O=C(Nc1nccs1)c1cc(C2CN(Cc3ccccc3)CCO2)nc2ccccc12. The highest BCUT2D eigenvalue weighted by atomic mass is 32.1. The molecule has 1 saturated heterocycles. The van der Waals surface area contributed by atoms with Gasteiger partial charge in [-0.2, -0.15) is 0 Å². The predicted octanol–water partition coefficient (Wildman–Crippen LogP) is 4.52. The van der Waals surface area contributed by atoms with Crippen molar-refractivity contribution in [2.45, 2.75) is 12.6 Å². The normalized spacial score (nSPS) is 17.0. The minimum absolute atomic E-state index is 0.187. The van der Waals surface area contributed by atoms with Crippen LogP contribution in [0.2, 0.25) is 0 Å². The van der Waals surface area contributed by atoms with Crippen LogP contribution in [0.15, 0.2) is 72.2 Å². The van der Waals surface area contributed by atoms with E-state index in [1.165, 1.54) is 16.9 Å². The van der Waals surface area contributed by atoms with Gasteiger partial charge in [-0.1, -0.05) is 48.5 Å². The molecular weight excluding hydrogens is 408 g/mol. The van der Waals surface area contributed by atoms with Gasteiger partial charge in [-0.3, -0.25) is 15.0 Å². The second-order valence-electron chi connectivity index (χ2n) is 7.48. The summed E-state index contributed by atoms with van der Waals surface area (Å²) in [5.41, 5.74) is 3.42. The fourth-order valence-electron chi connectivity index (χ4n) is 3.87. The Kier molecular flexibility index (Phi) is 5.71. The summed E-state index contributed by atoms with van der Waals surface area (Å²) in [5, 5.41) is 6.12. The molecule has 1 aliphatic rings. The summed E-state index contributed by atoms with van der Waals surface area (Å²) in [6.07, 6.45) is 1.49. The van der Waals surface area contributed by atoms with Crippen molar-refractivity contribution in [2.24, 2.45) is 0 Å². The molecule has 2 aromatic heterocycles. The summed E-state index contributed by atoms with van der Waals surface area (Å²) in [6.45, 7) is 3.10. The first-order valence-electron chi connectivity index (χ1n) is 10.2. The number of ether oxygens (including phenoxy) is 1. The molecule has 3 heterocycles. The average molecular weight is 431 g/mol. The molecule has 0 radical (unpaired) electrons. The van der Waals surface area contributed by atoms with E-state index in [0.29, 0.717) is 17.3 Å². The van der Waals surface area contributed by atoms with E-state index in [1.54, 1.807) is 6.20 Å². The summed E-state index contributed by atoms with van der Waals surface area (Å²) in [7, 11) is 0. The number of nitrogens with one attached hydrogen (secondary N) is 1. The molecule has 1 atom stereocenters. The summed E-state index contributed by atoms with van der Waals surface area (Å²) in [6, 6.07) is 20.0. The third-order valence-electron chi connectivity index (χ3n) is 5.36. The number of amides is 1. The van der Waals surface area contributed by atoms with Crippen LogP contribution in [0.3, 0.4) is 0 Å². The van der Waals surface area contributed by atoms with Gasteiger partial charge >= 0.3 is 0 Å². The van der Waals surface area contributed by atoms with Gasteiger partial charge in [0.1, 0.15) is 6.10 Å². The monoisotopic (exact) mass is 430 g/mol. The van der Waals surface area contributed by atoms with Gasteiger partial charge in [0.15, 0.2) is 5.13 Å². The Morgan fingerprint density at radius 3 is 2.84 bits per heavy atom. The smallest absolute Gasteiger partial charge is 0.258 e. The van der Waals surface area contributed by atoms with E-state index < -0.39 is 0 Å². The summed E-state index contributed by atoms with van der Waals surface area (Å²) < 4.78 is 6.08. The average Bonchev–Trinajstić information content (AvgIpc) is 3.32. The van der Waals surface area contributed by atoms with Crippen molar-refractivity contribution < 1.29 is 9.53 Å². The highest BCUT2D eigenvalue weighted by Crippen LogP contribution is 2.27. The summed E-state index contributed by atoms with van der Waals surface area (Å²) >= 11 is 1.39. The van der Waals surface area contributed by atoms with E-state index in [2.05, 4.69) is 39.5 Å². The van der Waals surface area contributed by atoms with Crippen molar-refractivity contribution in [1.82, 2.24) is 14.9 Å². The number of pyridine rings is 1. The zero-order valence-corrected chi connectivity index (χ0v) is 17.7. The third-order valence-corrected chi connectivity index (χ3v) is 6.05. The van der Waals surface area contributed by atoms with E-state index in [-0.39, 0.29) is 12.0 Å². The molecule has 1 amide bonds. The molecule has 6 nitrogen and oxygen atoms in total. The second-order valence-corrected chi connectivity index (χ2v) is 8.38. The van der Waals surface area contributed by atoms with Crippen molar-refractivity contribution in [3.8, 4) is 0 Å². The molecule has 0 bridgehead atoms. The number of anilines is 1. The van der Waals surface area contributed by atoms with Gasteiger partial charge in [0.25, 0.3) is 5.91 Å². The number of hydrogen-bond donors (Lipinski definition) is 1. The summed E-state index contributed by atoms with van der Waals surface area (Å²) in [4.78, 5) is 24.4. The Hall–Kier alpha value is -3.13. The van der Waals surface area contributed by atoms with E-state index in [0.717, 1.165) is 36.2 Å². The minimum atomic E-state index is -0.188. The molecule has 1 aliphatic heterocycles. The van der Waals surface area contributed by atoms with Crippen LogP contribution < -0.4 is 5.32 Å². The largest absolute Gasteiger partial charge is 0.369 e. The standard InChI is InChI=1S/C24H22N4O2S/c29-23(27-24-25-10-13-31-24)19-14-21(26-20-9-5-4-8-18(19)20)22-16-28(11-12-30-22)15-17-6-2-1-3-7-17/h1-10,13-14,22H,11-12,15-16H2,(H,25,27,29). The zero-order chi connectivity index (χ0) is 21.0. The Bertz CT molecular complexity index is 1180. The zero-order valence-electron chi connectivity index (χ0n) is 16.9. The van der Waals surface area contributed by atoms with Crippen molar-refractivity contribution >= 4 is 33.3 Å². The lowest BCUT2D eigenvalue weighted by Crippen LogP contribution is -2.38. The first-order chi connectivity index (χ1) is 15.3. The highest BCUT2D eigenvalue weighted by molar-refractivity contribution is 7.13. The number of aromatic nitrogens is 2. The lowest BCUT2D eigenvalue weighted by Gasteiger charge is -2.33. The van der Waals surface area contributed by atoms with Crippen LogP contribution in [-0.2, 0) is 11.3 Å².